The van der Waals surface area contributed by atoms with E-state index in [1.165, 1.54) is 36.6 Å². The van der Waals surface area contributed by atoms with E-state index in [1.54, 1.807) is 0 Å². The van der Waals surface area contributed by atoms with Crippen molar-refractivity contribution in [2.24, 2.45) is 0 Å². The first-order chi connectivity index (χ1) is 11.5. The number of benzene rings is 1. The van der Waals surface area contributed by atoms with Crippen molar-refractivity contribution in [1.82, 2.24) is 10.2 Å². The minimum absolute atomic E-state index is 0.102. The fourth-order valence-electron chi connectivity index (χ4n) is 2.07. The lowest BCUT2D eigenvalue weighted by atomic mass is 10.2. The number of nitrogens with one attached hydrogen (secondary N) is 1. The van der Waals surface area contributed by atoms with Crippen molar-refractivity contribution in [3.63, 3.8) is 0 Å². The summed E-state index contributed by atoms with van der Waals surface area (Å²) >= 11 is 1.31. The summed E-state index contributed by atoms with van der Waals surface area (Å²) in [5, 5.41) is 22.8. The molecule has 0 aliphatic carbocycles. The van der Waals surface area contributed by atoms with Crippen LogP contribution in [0.5, 0.6) is 5.75 Å². The molecular weight excluding hydrogens is 332 g/mol. The first-order valence-corrected chi connectivity index (χ1v) is 8.33. The molecule has 9 heteroatoms. The van der Waals surface area contributed by atoms with Gasteiger partial charge >= 0.3 is 5.69 Å². The number of aryl methyl sites for hydroxylation is 1. The minimum Gasteiger partial charge on any atom is -0.490 e. The molecule has 1 aromatic carbocycles. The lowest BCUT2D eigenvalue weighted by Crippen LogP contribution is -2.12. The molecule has 0 fully saturated rings. The highest BCUT2D eigenvalue weighted by atomic mass is 32.1. The van der Waals surface area contributed by atoms with E-state index in [9.17, 15) is 14.9 Å². The molecule has 0 saturated carbocycles. The largest absolute Gasteiger partial charge is 0.490 e. The van der Waals surface area contributed by atoms with Crippen LogP contribution in [0.15, 0.2) is 18.2 Å². The third-order valence-electron chi connectivity index (χ3n) is 3.32. The number of hydrogen-bond acceptors (Lipinski definition) is 7. The van der Waals surface area contributed by atoms with Crippen molar-refractivity contribution in [3.05, 3.63) is 38.9 Å². The molecule has 0 radical (unpaired) electrons. The van der Waals surface area contributed by atoms with Gasteiger partial charge in [-0.3, -0.25) is 20.2 Å². The van der Waals surface area contributed by atoms with Gasteiger partial charge in [0.15, 0.2) is 5.75 Å². The number of nitrogens with zero attached hydrogens (tertiary/aromatic N) is 3. The predicted molar refractivity (Wildman–Crippen MR) is 90.7 cm³/mol. The van der Waals surface area contributed by atoms with Crippen molar-refractivity contribution >= 4 is 28.1 Å². The van der Waals surface area contributed by atoms with Crippen LogP contribution in [0.2, 0.25) is 0 Å². The zero-order chi connectivity index (χ0) is 17.5. The van der Waals surface area contributed by atoms with Crippen LogP contribution in [-0.2, 0) is 6.42 Å². The smallest absolute Gasteiger partial charge is 0.311 e. The fraction of sp³-hybridized carbons (Fsp3) is 0.400. The van der Waals surface area contributed by atoms with E-state index in [4.69, 9.17) is 4.74 Å². The summed E-state index contributed by atoms with van der Waals surface area (Å²) in [7, 11) is 1.34. The predicted octanol–water partition coefficient (Wildman–Crippen LogP) is 3.44. The van der Waals surface area contributed by atoms with Crippen LogP contribution in [0.4, 0.5) is 10.8 Å². The molecular formula is C15H18N4O4S. The molecule has 1 N–H and O–H groups in total. The molecule has 2 rings (SSSR count). The van der Waals surface area contributed by atoms with E-state index in [-0.39, 0.29) is 17.0 Å². The number of nitro benzene ring substituents is 1. The Kier molecular flexibility index (Phi) is 6.19. The first-order valence-electron chi connectivity index (χ1n) is 7.51. The van der Waals surface area contributed by atoms with Gasteiger partial charge in [0, 0.05) is 18.1 Å². The second kappa shape index (κ2) is 8.34. The maximum absolute atomic E-state index is 12.2. The number of rotatable bonds is 8. The molecule has 24 heavy (non-hydrogen) atoms. The molecule has 0 spiro atoms. The maximum Gasteiger partial charge on any atom is 0.311 e. The number of methoxy groups -OCH3 is 1. The van der Waals surface area contributed by atoms with Crippen molar-refractivity contribution in [2.45, 2.75) is 32.6 Å². The minimum atomic E-state index is -0.591. The fourth-order valence-corrected chi connectivity index (χ4v) is 2.85. The van der Waals surface area contributed by atoms with E-state index in [0.717, 1.165) is 30.7 Å². The number of amides is 1. The summed E-state index contributed by atoms with van der Waals surface area (Å²) in [4.78, 5) is 22.6. The Morgan fingerprint density at radius 2 is 2.17 bits per heavy atom. The lowest BCUT2D eigenvalue weighted by molar-refractivity contribution is -0.385. The molecule has 0 saturated heterocycles. The zero-order valence-corrected chi connectivity index (χ0v) is 14.3. The van der Waals surface area contributed by atoms with Crippen LogP contribution in [-0.4, -0.2) is 28.1 Å². The van der Waals surface area contributed by atoms with Gasteiger partial charge in [-0.15, -0.1) is 10.2 Å². The Morgan fingerprint density at radius 1 is 1.38 bits per heavy atom. The Morgan fingerprint density at radius 3 is 2.83 bits per heavy atom. The van der Waals surface area contributed by atoms with Crippen molar-refractivity contribution in [2.75, 3.05) is 12.4 Å². The Balaban J connectivity index is 2.07. The maximum atomic E-state index is 12.2. The highest BCUT2D eigenvalue weighted by Crippen LogP contribution is 2.28. The summed E-state index contributed by atoms with van der Waals surface area (Å²) in [6, 6.07) is 4.03. The van der Waals surface area contributed by atoms with E-state index in [2.05, 4.69) is 22.4 Å². The number of hydrogen-bond donors (Lipinski definition) is 1. The molecule has 0 unspecified atom stereocenters. The zero-order valence-electron chi connectivity index (χ0n) is 13.4. The van der Waals surface area contributed by atoms with Gasteiger partial charge in [-0.2, -0.15) is 0 Å². The molecule has 1 heterocycles. The molecule has 8 nitrogen and oxygen atoms in total. The van der Waals surface area contributed by atoms with Crippen LogP contribution in [0, 0.1) is 10.1 Å². The van der Waals surface area contributed by atoms with Gasteiger partial charge in [0.25, 0.3) is 5.91 Å². The van der Waals surface area contributed by atoms with Crippen molar-refractivity contribution < 1.29 is 14.5 Å². The molecule has 0 aliphatic heterocycles. The number of nitro groups is 1. The Labute approximate surface area is 143 Å². The van der Waals surface area contributed by atoms with Crippen LogP contribution >= 0.6 is 11.3 Å². The average Bonchev–Trinajstić information content (AvgIpc) is 3.01. The molecule has 1 amide bonds. The Hall–Kier alpha value is -2.55. The van der Waals surface area contributed by atoms with Crippen LogP contribution in [0.3, 0.4) is 0 Å². The monoisotopic (exact) mass is 350 g/mol. The van der Waals surface area contributed by atoms with Gasteiger partial charge in [0.1, 0.15) is 5.01 Å². The number of aromatic nitrogens is 2. The molecule has 0 atom stereocenters. The van der Waals surface area contributed by atoms with Gasteiger partial charge in [0.2, 0.25) is 5.13 Å². The summed E-state index contributed by atoms with van der Waals surface area (Å²) in [6.45, 7) is 2.12. The number of carbonyl (C=O) groups excluding carboxylic acids is 1. The number of ether oxygens (including phenoxy) is 1. The number of carbonyl (C=O) groups is 1. The topological polar surface area (TPSA) is 107 Å². The molecule has 2 aromatic rings. The van der Waals surface area contributed by atoms with Gasteiger partial charge in [0.05, 0.1) is 12.0 Å². The third kappa shape index (κ3) is 4.48. The van der Waals surface area contributed by atoms with E-state index in [0.29, 0.717) is 5.13 Å². The quantitative estimate of drug-likeness (QED) is 0.444. The van der Waals surface area contributed by atoms with E-state index < -0.39 is 10.8 Å². The molecule has 1 aromatic heterocycles. The van der Waals surface area contributed by atoms with Crippen LogP contribution in [0.25, 0.3) is 0 Å². The second-order valence-electron chi connectivity index (χ2n) is 5.06. The first kappa shape index (κ1) is 17.8. The highest BCUT2D eigenvalue weighted by molar-refractivity contribution is 7.15. The normalized spacial score (nSPS) is 10.4. The van der Waals surface area contributed by atoms with Gasteiger partial charge in [-0.1, -0.05) is 31.1 Å². The molecule has 128 valence electrons. The Bertz CT molecular complexity index is 732. The SMILES string of the molecule is CCCCCc1nnc(NC(=O)c2ccc(OC)c([N+](=O)[O-])c2)s1. The van der Waals surface area contributed by atoms with E-state index in [1.807, 2.05) is 0 Å². The van der Waals surface area contributed by atoms with Gasteiger partial charge in [-0.05, 0) is 18.6 Å². The average molecular weight is 350 g/mol. The summed E-state index contributed by atoms with van der Waals surface area (Å²) in [6.07, 6.45) is 4.11. The van der Waals surface area contributed by atoms with Gasteiger partial charge in [-0.25, -0.2) is 0 Å². The second-order valence-corrected chi connectivity index (χ2v) is 6.12. The standard InChI is InChI=1S/C15H18N4O4S/c1-3-4-5-6-13-17-18-15(24-13)16-14(20)10-7-8-12(23-2)11(9-10)19(21)22/h7-9H,3-6H2,1-2H3,(H,16,18,20). The summed E-state index contributed by atoms with van der Waals surface area (Å²) in [5.41, 5.74) is -0.104. The van der Waals surface area contributed by atoms with Crippen molar-refractivity contribution in [1.29, 1.82) is 0 Å². The summed E-state index contributed by atoms with van der Waals surface area (Å²) in [5.74, 6) is -0.373. The number of anilines is 1. The third-order valence-corrected chi connectivity index (χ3v) is 4.22. The lowest BCUT2D eigenvalue weighted by Gasteiger charge is -2.04. The van der Waals surface area contributed by atoms with Gasteiger partial charge < -0.3 is 4.74 Å². The van der Waals surface area contributed by atoms with Crippen LogP contribution < -0.4 is 10.1 Å². The molecule has 0 aliphatic rings. The van der Waals surface area contributed by atoms with E-state index >= 15 is 0 Å². The van der Waals surface area contributed by atoms with Crippen LogP contribution in [0.1, 0.15) is 41.6 Å². The summed E-state index contributed by atoms with van der Waals surface area (Å²) < 4.78 is 4.92. The number of unbranched alkanes of at least 4 members (excludes halogenated alkanes) is 2. The molecule has 0 bridgehead atoms. The highest BCUT2D eigenvalue weighted by Gasteiger charge is 2.19. The van der Waals surface area contributed by atoms with Crippen molar-refractivity contribution in [3.8, 4) is 5.75 Å².